The number of nitrogens with zero attached hydrogens (tertiary/aromatic N) is 4. The first-order chi connectivity index (χ1) is 12.5. The van der Waals surface area contributed by atoms with Gasteiger partial charge in [0.1, 0.15) is 18.0 Å². The van der Waals surface area contributed by atoms with Crippen molar-refractivity contribution in [2.75, 3.05) is 5.32 Å². The van der Waals surface area contributed by atoms with Gasteiger partial charge >= 0.3 is 6.18 Å². The molecule has 144 valence electrons. The van der Waals surface area contributed by atoms with Crippen LogP contribution in [0.25, 0.3) is 5.78 Å². The number of halogens is 4. The second-order valence-electron chi connectivity index (χ2n) is 6.72. The van der Waals surface area contributed by atoms with Crippen LogP contribution < -0.4 is 5.32 Å². The van der Waals surface area contributed by atoms with Crippen LogP contribution in [0.15, 0.2) is 30.6 Å². The third-order valence-electron chi connectivity index (χ3n) is 4.01. The quantitative estimate of drug-likeness (QED) is 0.675. The van der Waals surface area contributed by atoms with E-state index < -0.39 is 29.2 Å². The van der Waals surface area contributed by atoms with Gasteiger partial charge in [-0.2, -0.15) is 27.8 Å². The molecule has 0 spiro atoms. The molecule has 0 aliphatic heterocycles. The Hall–Kier alpha value is -2.75. The lowest BCUT2D eigenvalue weighted by Crippen LogP contribution is -2.35. The third-order valence-corrected chi connectivity index (χ3v) is 4.01. The molecule has 0 aliphatic rings. The Labute approximate surface area is 151 Å². The minimum Gasteiger partial charge on any atom is -0.388 e. The first kappa shape index (κ1) is 19.0. The Morgan fingerprint density at radius 3 is 2.48 bits per heavy atom. The zero-order valence-corrected chi connectivity index (χ0v) is 14.7. The lowest BCUT2D eigenvalue weighted by molar-refractivity contribution is -0.140. The Kier molecular flexibility index (Phi) is 4.54. The second kappa shape index (κ2) is 6.45. The van der Waals surface area contributed by atoms with Crippen molar-refractivity contribution >= 4 is 11.6 Å². The van der Waals surface area contributed by atoms with E-state index in [1.165, 1.54) is 24.7 Å². The number of hydrogen-bond donors (Lipinski definition) is 2. The topological polar surface area (TPSA) is 75.3 Å². The van der Waals surface area contributed by atoms with Gasteiger partial charge in [-0.15, -0.1) is 0 Å². The smallest absolute Gasteiger partial charge is 0.388 e. The number of hydrogen-bond acceptors (Lipinski definition) is 5. The van der Waals surface area contributed by atoms with Crippen molar-refractivity contribution in [3.63, 3.8) is 0 Å². The number of nitrogens with one attached hydrogen (secondary N) is 1. The molecule has 10 heteroatoms. The molecule has 6 nitrogen and oxygen atoms in total. The minimum atomic E-state index is -4.80. The standard InChI is InChI=1S/C17H17F4N5O/c1-9-6-13(26-15(24-9)22-8-23-26)25-14(16(2,3)27)10-4-5-11(12(18)7-10)17(19,20)21/h4-8,14,25,27H,1-3H3/t14-/m1/s1. The van der Waals surface area contributed by atoms with Crippen molar-refractivity contribution in [2.45, 2.75) is 38.6 Å². The molecule has 1 atom stereocenters. The van der Waals surface area contributed by atoms with Crippen LogP contribution in [0, 0.1) is 12.7 Å². The largest absolute Gasteiger partial charge is 0.419 e. The second-order valence-corrected chi connectivity index (χ2v) is 6.72. The fraction of sp³-hybridized carbons (Fsp3) is 0.353. The molecule has 0 aliphatic carbocycles. The summed E-state index contributed by atoms with van der Waals surface area (Å²) in [6, 6.07) is 3.28. The van der Waals surface area contributed by atoms with E-state index in [-0.39, 0.29) is 5.56 Å². The minimum absolute atomic E-state index is 0.149. The van der Waals surface area contributed by atoms with Crippen LogP contribution in [0.5, 0.6) is 0 Å². The highest BCUT2D eigenvalue weighted by molar-refractivity contribution is 5.47. The SMILES string of the molecule is Cc1cc(N[C@H](c2ccc(C(F)(F)F)c(F)c2)C(C)(C)O)n2ncnc2n1. The van der Waals surface area contributed by atoms with Gasteiger partial charge in [0.25, 0.3) is 5.78 Å². The van der Waals surface area contributed by atoms with Gasteiger partial charge in [-0.1, -0.05) is 6.07 Å². The predicted molar refractivity (Wildman–Crippen MR) is 89.6 cm³/mol. The molecule has 0 fully saturated rings. The molecule has 1 aromatic carbocycles. The highest BCUT2D eigenvalue weighted by Gasteiger charge is 2.36. The van der Waals surface area contributed by atoms with Crippen LogP contribution >= 0.6 is 0 Å². The van der Waals surface area contributed by atoms with Gasteiger partial charge in [0, 0.05) is 11.8 Å². The van der Waals surface area contributed by atoms with Crippen LogP contribution in [-0.2, 0) is 6.18 Å². The molecule has 2 heterocycles. The number of alkyl halides is 3. The first-order valence-electron chi connectivity index (χ1n) is 8.00. The van der Waals surface area contributed by atoms with Gasteiger partial charge in [0.2, 0.25) is 0 Å². The van der Waals surface area contributed by atoms with Crippen molar-refractivity contribution in [3.8, 4) is 0 Å². The molecule has 3 rings (SSSR count). The van der Waals surface area contributed by atoms with Gasteiger partial charge in [-0.05, 0) is 38.5 Å². The van der Waals surface area contributed by atoms with Crippen molar-refractivity contribution in [1.82, 2.24) is 19.6 Å². The van der Waals surface area contributed by atoms with Crippen LogP contribution in [0.3, 0.4) is 0 Å². The van der Waals surface area contributed by atoms with Gasteiger partial charge in [-0.25, -0.2) is 9.37 Å². The maximum Gasteiger partial charge on any atom is 0.419 e. The molecule has 0 saturated carbocycles. The normalized spacial score (nSPS) is 13.8. The van der Waals surface area contributed by atoms with Gasteiger partial charge in [0.05, 0.1) is 17.2 Å². The summed E-state index contributed by atoms with van der Waals surface area (Å²) in [4.78, 5) is 8.18. The third kappa shape index (κ3) is 3.85. The Morgan fingerprint density at radius 2 is 1.89 bits per heavy atom. The maximum absolute atomic E-state index is 14.0. The van der Waals surface area contributed by atoms with Crippen molar-refractivity contribution < 1.29 is 22.7 Å². The van der Waals surface area contributed by atoms with E-state index in [0.717, 1.165) is 12.1 Å². The number of benzene rings is 1. The zero-order chi connectivity index (χ0) is 20.0. The summed E-state index contributed by atoms with van der Waals surface area (Å²) in [6.45, 7) is 4.66. The van der Waals surface area contributed by atoms with E-state index in [9.17, 15) is 22.7 Å². The van der Waals surface area contributed by atoms with E-state index in [0.29, 0.717) is 23.4 Å². The number of anilines is 1. The number of rotatable bonds is 4. The summed E-state index contributed by atoms with van der Waals surface area (Å²) in [5.41, 5.74) is -2.03. The Morgan fingerprint density at radius 1 is 1.19 bits per heavy atom. The Bertz CT molecular complexity index is 978. The predicted octanol–water partition coefficient (Wildman–Crippen LogP) is 3.51. The summed E-state index contributed by atoms with van der Waals surface area (Å²) in [5.74, 6) is -0.694. The van der Waals surface area contributed by atoms with Crippen molar-refractivity contribution in [2.24, 2.45) is 0 Å². The number of aliphatic hydroxyl groups is 1. The number of aryl methyl sites for hydroxylation is 1. The summed E-state index contributed by atoms with van der Waals surface area (Å²) >= 11 is 0. The van der Waals surface area contributed by atoms with Crippen LogP contribution in [-0.4, -0.2) is 30.3 Å². The monoisotopic (exact) mass is 383 g/mol. The van der Waals surface area contributed by atoms with Crippen LogP contribution in [0.4, 0.5) is 23.4 Å². The van der Waals surface area contributed by atoms with Gasteiger partial charge in [0.15, 0.2) is 0 Å². The average molecular weight is 383 g/mol. The fourth-order valence-corrected chi connectivity index (χ4v) is 2.79. The van der Waals surface area contributed by atoms with Crippen LogP contribution in [0.2, 0.25) is 0 Å². The van der Waals surface area contributed by atoms with E-state index in [1.54, 1.807) is 13.0 Å². The number of aromatic nitrogens is 4. The number of fused-ring (bicyclic) bond motifs is 1. The van der Waals surface area contributed by atoms with Gasteiger partial charge in [-0.3, -0.25) is 0 Å². The maximum atomic E-state index is 14.0. The summed E-state index contributed by atoms with van der Waals surface area (Å²) in [6.07, 6.45) is -3.50. The Balaban J connectivity index is 2.05. The highest BCUT2D eigenvalue weighted by atomic mass is 19.4. The molecule has 0 unspecified atom stereocenters. The molecule has 2 aromatic heterocycles. The van der Waals surface area contributed by atoms with E-state index >= 15 is 0 Å². The van der Waals surface area contributed by atoms with Crippen LogP contribution in [0.1, 0.15) is 36.7 Å². The summed E-state index contributed by atoms with van der Waals surface area (Å²) in [7, 11) is 0. The van der Waals surface area contributed by atoms with E-state index in [4.69, 9.17) is 0 Å². The van der Waals surface area contributed by atoms with Crippen molar-refractivity contribution in [1.29, 1.82) is 0 Å². The molecule has 0 amide bonds. The first-order valence-corrected chi connectivity index (χ1v) is 8.00. The zero-order valence-electron chi connectivity index (χ0n) is 14.7. The molecule has 0 saturated heterocycles. The lowest BCUT2D eigenvalue weighted by Gasteiger charge is -2.31. The van der Waals surface area contributed by atoms with E-state index in [1.807, 2.05) is 0 Å². The fourth-order valence-electron chi connectivity index (χ4n) is 2.79. The molecular formula is C17H17F4N5O. The van der Waals surface area contributed by atoms with E-state index in [2.05, 4.69) is 20.4 Å². The molecule has 2 N–H and O–H groups in total. The van der Waals surface area contributed by atoms with Gasteiger partial charge < -0.3 is 10.4 Å². The molecule has 27 heavy (non-hydrogen) atoms. The molecular weight excluding hydrogens is 366 g/mol. The molecule has 0 radical (unpaired) electrons. The average Bonchev–Trinajstić information content (AvgIpc) is 2.98. The lowest BCUT2D eigenvalue weighted by atomic mass is 9.91. The molecule has 0 bridgehead atoms. The summed E-state index contributed by atoms with van der Waals surface area (Å²) < 4.78 is 53.9. The highest BCUT2D eigenvalue weighted by Crippen LogP contribution is 2.35. The molecule has 3 aromatic rings. The van der Waals surface area contributed by atoms with Crippen molar-refractivity contribution in [3.05, 3.63) is 53.2 Å². The summed E-state index contributed by atoms with van der Waals surface area (Å²) in [5, 5.41) is 17.6.